The fourth-order valence-corrected chi connectivity index (χ4v) is 0.843. The summed E-state index contributed by atoms with van der Waals surface area (Å²) < 4.78 is 37.2. The van der Waals surface area contributed by atoms with Gasteiger partial charge in [0.25, 0.3) is 0 Å². The molecular formula is C6H6F3N3O. The molecule has 1 heterocycles. The van der Waals surface area contributed by atoms with Gasteiger partial charge in [-0.1, -0.05) is 0 Å². The molecule has 0 aliphatic heterocycles. The molecule has 1 aromatic heterocycles. The van der Waals surface area contributed by atoms with E-state index in [1.54, 1.807) is 0 Å². The first-order valence-electron chi connectivity index (χ1n) is 3.22. The van der Waals surface area contributed by atoms with Crippen molar-refractivity contribution in [2.75, 3.05) is 5.73 Å². The van der Waals surface area contributed by atoms with Crippen LogP contribution in [0.2, 0.25) is 0 Å². The lowest BCUT2D eigenvalue weighted by Gasteiger charge is -2.03. The quantitative estimate of drug-likeness (QED) is 0.672. The molecule has 4 nitrogen and oxygen atoms in total. The first kappa shape index (κ1) is 9.56. The van der Waals surface area contributed by atoms with Gasteiger partial charge in [0.2, 0.25) is 0 Å². The van der Waals surface area contributed by atoms with Gasteiger partial charge in [0.15, 0.2) is 17.8 Å². The van der Waals surface area contributed by atoms with E-state index in [1.165, 1.54) is 7.05 Å². The Labute approximate surface area is 71.2 Å². The van der Waals surface area contributed by atoms with E-state index in [9.17, 15) is 18.0 Å². The molecule has 13 heavy (non-hydrogen) atoms. The van der Waals surface area contributed by atoms with Gasteiger partial charge in [-0.05, 0) is 0 Å². The Bertz CT molecular complexity index is 342. The molecule has 1 rings (SSSR count). The van der Waals surface area contributed by atoms with Gasteiger partial charge >= 0.3 is 6.18 Å². The summed E-state index contributed by atoms with van der Waals surface area (Å²) in [7, 11) is 1.24. The second-order valence-corrected chi connectivity index (χ2v) is 2.38. The van der Waals surface area contributed by atoms with Gasteiger partial charge in [-0.3, -0.25) is 4.79 Å². The first-order valence-corrected chi connectivity index (χ1v) is 3.22. The lowest BCUT2D eigenvalue weighted by atomic mass is 10.4. The summed E-state index contributed by atoms with van der Waals surface area (Å²) in [6, 6.07) is 0. The second-order valence-electron chi connectivity index (χ2n) is 2.38. The summed E-state index contributed by atoms with van der Waals surface area (Å²) in [4.78, 5) is 13.3. The van der Waals surface area contributed by atoms with Crippen molar-refractivity contribution in [3.05, 3.63) is 11.5 Å². The molecule has 72 valence electrons. The average molecular weight is 193 g/mol. The standard InChI is InChI=1S/C6H6F3N3O/c1-12-3(2-13)11-4(5(12)10)6(7,8)9/h2H,10H2,1H3. The van der Waals surface area contributed by atoms with Gasteiger partial charge in [0.1, 0.15) is 5.82 Å². The summed E-state index contributed by atoms with van der Waals surface area (Å²) in [5.41, 5.74) is 3.86. The Kier molecular flexibility index (Phi) is 2.02. The van der Waals surface area contributed by atoms with E-state index in [2.05, 4.69) is 4.98 Å². The SMILES string of the molecule is Cn1c(C=O)nc(C(F)(F)F)c1N. The van der Waals surface area contributed by atoms with Crippen molar-refractivity contribution >= 4 is 12.1 Å². The third-order valence-corrected chi connectivity index (χ3v) is 1.55. The number of hydrogen-bond acceptors (Lipinski definition) is 3. The van der Waals surface area contributed by atoms with Crippen LogP contribution in [0, 0.1) is 0 Å². The lowest BCUT2D eigenvalue weighted by Crippen LogP contribution is -2.09. The minimum Gasteiger partial charge on any atom is -0.383 e. The van der Waals surface area contributed by atoms with Crippen LogP contribution in [0.4, 0.5) is 19.0 Å². The molecule has 0 atom stereocenters. The van der Waals surface area contributed by atoms with Crippen LogP contribution < -0.4 is 5.73 Å². The highest BCUT2D eigenvalue weighted by Gasteiger charge is 2.37. The molecule has 0 fully saturated rings. The number of alkyl halides is 3. The number of halogens is 3. The minimum absolute atomic E-state index is 0.214. The maximum absolute atomic E-state index is 12.1. The summed E-state index contributed by atoms with van der Waals surface area (Å²) in [6.45, 7) is 0. The summed E-state index contributed by atoms with van der Waals surface area (Å²) in [6.07, 6.45) is -4.41. The molecule has 0 aliphatic carbocycles. The van der Waals surface area contributed by atoms with E-state index < -0.39 is 17.7 Å². The van der Waals surface area contributed by atoms with Crippen LogP contribution in [0.25, 0.3) is 0 Å². The summed E-state index contributed by atoms with van der Waals surface area (Å²) in [5, 5.41) is 0. The monoisotopic (exact) mass is 193 g/mol. The number of carbonyl (C=O) groups is 1. The van der Waals surface area contributed by atoms with E-state index in [1.807, 2.05) is 0 Å². The fourth-order valence-electron chi connectivity index (χ4n) is 0.843. The highest BCUT2D eigenvalue weighted by atomic mass is 19.4. The Morgan fingerprint density at radius 3 is 2.31 bits per heavy atom. The van der Waals surface area contributed by atoms with Crippen molar-refractivity contribution in [2.24, 2.45) is 7.05 Å². The Morgan fingerprint density at radius 2 is 2.08 bits per heavy atom. The number of carbonyl (C=O) groups excluding carboxylic acids is 1. The molecular weight excluding hydrogens is 187 g/mol. The van der Waals surface area contributed by atoms with Crippen LogP contribution in [0.15, 0.2) is 0 Å². The normalized spacial score (nSPS) is 11.7. The van der Waals surface area contributed by atoms with Gasteiger partial charge in [-0.2, -0.15) is 13.2 Å². The zero-order valence-electron chi connectivity index (χ0n) is 6.59. The highest BCUT2D eigenvalue weighted by Crippen LogP contribution is 2.32. The van der Waals surface area contributed by atoms with Crippen LogP contribution in [0.1, 0.15) is 16.3 Å². The average Bonchev–Trinajstić information content (AvgIpc) is 2.28. The van der Waals surface area contributed by atoms with E-state index >= 15 is 0 Å². The number of nitrogen functional groups attached to an aromatic ring is 1. The molecule has 7 heteroatoms. The van der Waals surface area contributed by atoms with Crippen molar-refractivity contribution in [3.63, 3.8) is 0 Å². The molecule has 0 aromatic carbocycles. The molecule has 0 saturated heterocycles. The molecule has 0 unspecified atom stereocenters. The van der Waals surface area contributed by atoms with Crippen LogP contribution >= 0.6 is 0 Å². The van der Waals surface area contributed by atoms with Gasteiger partial charge in [-0.25, -0.2) is 4.98 Å². The van der Waals surface area contributed by atoms with Crippen LogP contribution in [-0.4, -0.2) is 15.8 Å². The lowest BCUT2D eigenvalue weighted by molar-refractivity contribution is -0.140. The number of aromatic nitrogens is 2. The third-order valence-electron chi connectivity index (χ3n) is 1.55. The molecule has 0 bridgehead atoms. The Hall–Kier alpha value is -1.53. The molecule has 2 N–H and O–H groups in total. The van der Waals surface area contributed by atoms with Gasteiger partial charge in [0, 0.05) is 7.05 Å². The van der Waals surface area contributed by atoms with E-state index in [-0.39, 0.29) is 12.1 Å². The number of hydrogen-bond donors (Lipinski definition) is 1. The number of aldehydes is 1. The molecule has 0 spiro atoms. The largest absolute Gasteiger partial charge is 0.437 e. The van der Waals surface area contributed by atoms with Crippen LogP contribution in [0.3, 0.4) is 0 Å². The molecule has 1 aromatic rings. The predicted molar refractivity (Wildman–Crippen MR) is 38.0 cm³/mol. The fraction of sp³-hybridized carbons (Fsp3) is 0.333. The number of nitrogens with zero attached hydrogens (tertiary/aromatic N) is 2. The van der Waals surface area contributed by atoms with Crippen molar-refractivity contribution in [1.29, 1.82) is 0 Å². The van der Waals surface area contributed by atoms with Crippen molar-refractivity contribution in [2.45, 2.75) is 6.18 Å². The number of anilines is 1. The molecule has 0 radical (unpaired) electrons. The second kappa shape index (κ2) is 2.75. The van der Waals surface area contributed by atoms with E-state index in [0.717, 1.165) is 4.57 Å². The maximum Gasteiger partial charge on any atom is 0.437 e. The van der Waals surface area contributed by atoms with Gasteiger partial charge in [-0.15, -0.1) is 0 Å². The summed E-state index contributed by atoms with van der Waals surface area (Å²) in [5.74, 6) is -0.903. The van der Waals surface area contributed by atoms with Gasteiger partial charge < -0.3 is 10.3 Å². The summed E-state index contributed by atoms with van der Waals surface area (Å²) >= 11 is 0. The van der Waals surface area contributed by atoms with E-state index in [4.69, 9.17) is 5.73 Å². The molecule has 0 amide bonds. The Balaban J connectivity index is 3.33. The number of nitrogens with two attached hydrogens (primary N) is 1. The Morgan fingerprint density at radius 1 is 1.54 bits per heavy atom. The molecule has 0 saturated carbocycles. The minimum atomic E-state index is -4.62. The smallest absolute Gasteiger partial charge is 0.383 e. The number of imidazole rings is 1. The van der Waals surface area contributed by atoms with Crippen molar-refractivity contribution in [1.82, 2.24) is 9.55 Å². The highest BCUT2D eigenvalue weighted by molar-refractivity contribution is 5.71. The van der Waals surface area contributed by atoms with Crippen LogP contribution in [0.5, 0.6) is 0 Å². The van der Waals surface area contributed by atoms with Gasteiger partial charge in [0.05, 0.1) is 0 Å². The first-order chi connectivity index (χ1) is 5.88. The predicted octanol–water partition coefficient (Wildman–Crippen LogP) is 0.834. The zero-order valence-corrected chi connectivity index (χ0v) is 6.59. The topological polar surface area (TPSA) is 60.9 Å². The third kappa shape index (κ3) is 1.49. The van der Waals surface area contributed by atoms with Crippen LogP contribution in [-0.2, 0) is 13.2 Å². The molecule has 0 aliphatic rings. The maximum atomic E-state index is 12.1. The zero-order chi connectivity index (χ0) is 10.2. The van der Waals surface area contributed by atoms with E-state index in [0.29, 0.717) is 0 Å². The number of rotatable bonds is 1. The van der Waals surface area contributed by atoms with Crippen molar-refractivity contribution in [3.8, 4) is 0 Å². The van der Waals surface area contributed by atoms with Crippen molar-refractivity contribution < 1.29 is 18.0 Å².